The number of fused-ring (bicyclic) bond motifs is 1. The van der Waals surface area contributed by atoms with E-state index in [2.05, 4.69) is 15.3 Å². The van der Waals surface area contributed by atoms with Crippen LogP contribution in [0, 0.1) is 13.8 Å². The number of aromatic nitrogens is 4. The van der Waals surface area contributed by atoms with Gasteiger partial charge in [-0.25, -0.2) is 4.98 Å². The molecule has 4 aromatic rings. The molecule has 1 unspecified atom stereocenters. The van der Waals surface area contributed by atoms with Crippen LogP contribution in [0.3, 0.4) is 0 Å². The number of nitrogens with one attached hydrogen (secondary N) is 2. The molecule has 4 heterocycles. The molecular weight excluding hydrogens is 434 g/mol. The van der Waals surface area contributed by atoms with E-state index in [0.717, 1.165) is 5.56 Å². The Bertz CT molecular complexity index is 1510. The molecule has 0 aliphatic carbocycles. The standard InChI is InChI=1S/C25H27N5O4/c1-14-11-20(34-5)19(24(32)28-14)13-27-25(33)22-16(3)30(23-18(22)7-6-9-26-23)15(2)17-8-10-29(4)21(31)12-17/h6-12,15H,13H2,1-5H3,(H,27,33)(H,28,32). The molecule has 1 amide bonds. The molecule has 0 spiro atoms. The van der Waals surface area contributed by atoms with E-state index in [4.69, 9.17) is 4.74 Å². The van der Waals surface area contributed by atoms with E-state index in [0.29, 0.717) is 39.3 Å². The number of methoxy groups -OCH3 is 1. The van der Waals surface area contributed by atoms with Crippen molar-refractivity contribution >= 4 is 16.9 Å². The van der Waals surface area contributed by atoms with Gasteiger partial charge in [-0.15, -0.1) is 0 Å². The molecule has 176 valence electrons. The Balaban J connectivity index is 1.74. The van der Waals surface area contributed by atoms with Gasteiger partial charge < -0.3 is 24.2 Å². The van der Waals surface area contributed by atoms with Gasteiger partial charge in [0.1, 0.15) is 11.4 Å². The Morgan fingerprint density at radius 3 is 2.71 bits per heavy atom. The summed E-state index contributed by atoms with van der Waals surface area (Å²) in [5.41, 5.74) is 3.24. The number of rotatable bonds is 6. The molecule has 9 heteroatoms. The van der Waals surface area contributed by atoms with Crippen LogP contribution in [0.5, 0.6) is 5.75 Å². The fourth-order valence-electron chi connectivity index (χ4n) is 4.28. The zero-order valence-electron chi connectivity index (χ0n) is 19.8. The normalized spacial score (nSPS) is 12.0. The molecule has 4 aromatic heterocycles. The van der Waals surface area contributed by atoms with E-state index >= 15 is 0 Å². The number of pyridine rings is 3. The predicted octanol–water partition coefficient (Wildman–Crippen LogP) is 2.59. The summed E-state index contributed by atoms with van der Waals surface area (Å²) in [5.74, 6) is 0.0918. The van der Waals surface area contributed by atoms with Crippen molar-refractivity contribution in [2.75, 3.05) is 7.11 Å². The summed E-state index contributed by atoms with van der Waals surface area (Å²) < 4.78 is 8.79. The summed E-state index contributed by atoms with van der Waals surface area (Å²) in [7, 11) is 3.19. The number of ether oxygens (including phenoxy) is 1. The summed E-state index contributed by atoms with van der Waals surface area (Å²) >= 11 is 0. The number of aromatic amines is 1. The van der Waals surface area contributed by atoms with Gasteiger partial charge in [0, 0.05) is 42.3 Å². The van der Waals surface area contributed by atoms with Gasteiger partial charge in [0.25, 0.3) is 17.0 Å². The number of carbonyl (C=O) groups excluding carboxylic acids is 1. The number of carbonyl (C=O) groups is 1. The highest BCUT2D eigenvalue weighted by Crippen LogP contribution is 2.30. The summed E-state index contributed by atoms with van der Waals surface area (Å²) in [5, 5.41) is 3.55. The van der Waals surface area contributed by atoms with Crippen molar-refractivity contribution in [2.45, 2.75) is 33.4 Å². The van der Waals surface area contributed by atoms with Crippen molar-refractivity contribution in [3.63, 3.8) is 0 Å². The number of amides is 1. The second-order valence-corrected chi connectivity index (χ2v) is 8.30. The number of hydrogen-bond donors (Lipinski definition) is 2. The minimum absolute atomic E-state index is 0.00821. The smallest absolute Gasteiger partial charge is 0.256 e. The van der Waals surface area contributed by atoms with Crippen molar-refractivity contribution in [1.29, 1.82) is 0 Å². The van der Waals surface area contributed by atoms with Crippen LogP contribution in [0.15, 0.2) is 52.3 Å². The molecule has 9 nitrogen and oxygen atoms in total. The minimum atomic E-state index is -0.326. The maximum atomic E-state index is 13.3. The second-order valence-electron chi connectivity index (χ2n) is 8.30. The third-order valence-corrected chi connectivity index (χ3v) is 6.11. The Morgan fingerprint density at radius 1 is 1.24 bits per heavy atom. The van der Waals surface area contributed by atoms with Crippen LogP contribution in [-0.4, -0.2) is 32.1 Å². The average molecular weight is 462 g/mol. The number of nitrogens with zero attached hydrogens (tertiary/aromatic N) is 3. The van der Waals surface area contributed by atoms with E-state index in [1.807, 2.05) is 30.5 Å². The Morgan fingerprint density at radius 2 is 2.00 bits per heavy atom. The molecule has 0 radical (unpaired) electrons. The third-order valence-electron chi connectivity index (χ3n) is 6.11. The minimum Gasteiger partial charge on any atom is -0.496 e. The van der Waals surface area contributed by atoms with Gasteiger partial charge in [-0.1, -0.05) is 0 Å². The fraction of sp³-hybridized carbons (Fsp3) is 0.280. The predicted molar refractivity (Wildman–Crippen MR) is 129 cm³/mol. The van der Waals surface area contributed by atoms with Crippen molar-refractivity contribution in [3.8, 4) is 5.75 Å². The van der Waals surface area contributed by atoms with Crippen LogP contribution in [0.1, 0.15) is 45.8 Å². The zero-order valence-corrected chi connectivity index (χ0v) is 19.8. The summed E-state index contributed by atoms with van der Waals surface area (Å²) in [6.07, 6.45) is 3.40. The van der Waals surface area contributed by atoms with E-state index in [-0.39, 0.29) is 29.6 Å². The first kappa shape index (κ1) is 23.0. The molecule has 34 heavy (non-hydrogen) atoms. The zero-order chi connectivity index (χ0) is 24.6. The number of hydrogen-bond acceptors (Lipinski definition) is 5. The Hall–Kier alpha value is -4.14. The Kier molecular flexibility index (Phi) is 6.10. The third kappa shape index (κ3) is 4.00. The largest absolute Gasteiger partial charge is 0.496 e. The van der Waals surface area contributed by atoms with E-state index < -0.39 is 0 Å². The van der Waals surface area contributed by atoms with Crippen molar-refractivity contribution in [1.82, 2.24) is 24.4 Å². The van der Waals surface area contributed by atoms with Crippen LogP contribution < -0.4 is 21.2 Å². The van der Waals surface area contributed by atoms with Crippen LogP contribution in [-0.2, 0) is 13.6 Å². The first-order chi connectivity index (χ1) is 16.2. The molecular formula is C25H27N5O4. The fourth-order valence-corrected chi connectivity index (χ4v) is 4.28. The molecule has 0 aliphatic rings. The first-order valence-electron chi connectivity index (χ1n) is 10.9. The van der Waals surface area contributed by atoms with Crippen LogP contribution >= 0.6 is 0 Å². The molecule has 2 N–H and O–H groups in total. The molecule has 1 atom stereocenters. The van der Waals surface area contributed by atoms with Gasteiger partial charge in [0.2, 0.25) is 0 Å². The molecule has 0 saturated carbocycles. The maximum absolute atomic E-state index is 13.3. The molecule has 0 saturated heterocycles. The van der Waals surface area contributed by atoms with E-state index in [1.165, 1.54) is 11.7 Å². The lowest BCUT2D eigenvalue weighted by Gasteiger charge is -2.18. The Labute approximate surface area is 196 Å². The topological polar surface area (TPSA) is 111 Å². The van der Waals surface area contributed by atoms with E-state index in [1.54, 1.807) is 44.6 Å². The first-order valence-corrected chi connectivity index (χ1v) is 10.9. The van der Waals surface area contributed by atoms with Crippen LogP contribution in [0.4, 0.5) is 0 Å². The molecule has 0 aromatic carbocycles. The average Bonchev–Trinajstić information content (AvgIpc) is 3.10. The monoisotopic (exact) mass is 461 g/mol. The van der Waals surface area contributed by atoms with Crippen LogP contribution in [0.2, 0.25) is 0 Å². The summed E-state index contributed by atoms with van der Waals surface area (Å²) in [6, 6.07) is 8.59. The number of aryl methyl sites for hydroxylation is 2. The highest BCUT2D eigenvalue weighted by Gasteiger charge is 2.24. The molecule has 0 bridgehead atoms. The van der Waals surface area contributed by atoms with Crippen molar-refractivity contribution in [3.05, 3.63) is 91.5 Å². The lowest BCUT2D eigenvalue weighted by molar-refractivity contribution is 0.0951. The lowest BCUT2D eigenvalue weighted by Crippen LogP contribution is -2.28. The lowest BCUT2D eigenvalue weighted by atomic mass is 10.1. The van der Waals surface area contributed by atoms with Crippen molar-refractivity contribution < 1.29 is 9.53 Å². The van der Waals surface area contributed by atoms with Gasteiger partial charge in [-0.3, -0.25) is 14.4 Å². The van der Waals surface area contributed by atoms with Gasteiger partial charge in [-0.05, 0) is 50.6 Å². The van der Waals surface area contributed by atoms with Crippen molar-refractivity contribution in [2.24, 2.45) is 7.05 Å². The van der Waals surface area contributed by atoms with E-state index in [9.17, 15) is 14.4 Å². The molecule has 0 fully saturated rings. The van der Waals surface area contributed by atoms with Gasteiger partial charge >= 0.3 is 0 Å². The maximum Gasteiger partial charge on any atom is 0.256 e. The molecule has 0 aliphatic heterocycles. The highest BCUT2D eigenvalue weighted by molar-refractivity contribution is 6.07. The summed E-state index contributed by atoms with van der Waals surface area (Å²) in [6.45, 7) is 5.59. The van der Waals surface area contributed by atoms with Gasteiger partial charge in [0.15, 0.2) is 0 Å². The number of H-pyrrole nitrogens is 1. The molecule has 4 rings (SSSR count). The second kappa shape index (κ2) is 9.01. The SMILES string of the molecule is COc1cc(C)[nH]c(=O)c1CNC(=O)c1c(C)n(C(C)c2ccn(C)c(=O)c2)c2ncccc12. The summed E-state index contributed by atoms with van der Waals surface area (Å²) in [4.78, 5) is 45.2. The van der Waals surface area contributed by atoms with Gasteiger partial charge in [-0.2, -0.15) is 0 Å². The van der Waals surface area contributed by atoms with Gasteiger partial charge in [0.05, 0.1) is 30.8 Å². The van der Waals surface area contributed by atoms with Crippen LogP contribution in [0.25, 0.3) is 11.0 Å². The quantitative estimate of drug-likeness (QED) is 0.459. The highest BCUT2D eigenvalue weighted by atomic mass is 16.5.